The highest BCUT2D eigenvalue weighted by Crippen LogP contribution is 2.23. The quantitative estimate of drug-likeness (QED) is 0.158. The van der Waals surface area contributed by atoms with Crippen LogP contribution in [0.5, 0.6) is 0 Å². The Labute approximate surface area is 186 Å². The van der Waals surface area contributed by atoms with Gasteiger partial charge in [0.15, 0.2) is 11.1 Å². The topological polar surface area (TPSA) is 228 Å². The molecule has 14 nitrogen and oxygen atoms in total. The van der Waals surface area contributed by atoms with Crippen molar-refractivity contribution in [2.24, 2.45) is 20.5 Å². The van der Waals surface area contributed by atoms with Crippen molar-refractivity contribution < 1.29 is 9.59 Å². The van der Waals surface area contributed by atoms with Gasteiger partial charge in [-0.15, -0.1) is 0 Å². The smallest absolute Gasteiger partial charge is 0.220 e. The van der Waals surface area contributed by atoms with Gasteiger partial charge in [-0.25, -0.2) is 0 Å². The fourth-order valence-corrected chi connectivity index (χ4v) is 2.21. The summed E-state index contributed by atoms with van der Waals surface area (Å²) in [6, 6.07) is 4.01. The largest absolute Gasteiger partial charge is 0.356 e. The van der Waals surface area contributed by atoms with E-state index >= 15 is 0 Å². The Hall–Kier alpha value is -3.86. The van der Waals surface area contributed by atoms with Gasteiger partial charge in [0.05, 0.1) is 12.1 Å². The lowest BCUT2D eigenvalue weighted by molar-refractivity contribution is -0.122. The fourth-order valence-electron chi connectivity index (χ4n) is 2.21. The zero-order valence-electron chi connectivity index (χ0n) is 18.4. The number of azo groups is 1. The van der Waals surface area contributed by atoms with E-state index in [1.165, 1.54) is 13.8 Å². The van der Waals surface area contributed by atoms with Gasteiger partial charge in [-0.1, -0.05) is 10.2 Å². The van der Waals surface area contributed by atoms with Crippen molar-refractivity contribution in [3.8, 4) is 12.1 Å². The molecule has 0 radical (unpaired) electrons. The van der Waals surface area contributed by atoms with Gasteiger partial charge >= 0.3 is 0 Å². The Balaban J connectivity index is 4.63. The van der Waals surface area contributed by atoms with E-state index in [0.29, 0.717) is 25.9 Å². The number of hydrogen-bond donors (Lipinski definition) is 2. The Bertz CT molecular complexity index is 764. The van der Waals surface area contributed by atoms with Crippen LogP contribution < -0.4 is 10.6 Å². The van der Waals surface area contributed by atoms with Gasteiger partial charge in [-0.2, -0.15) is 20.8 Å². The number of carbonyl (C=O) groups is 2. The summed E-state index contributed by atoms with van der Waals surface area (Å²) in [7, 11) is 0. The molecule has 2 amide bonds. The number of carbonyl (C=O) groups excluding carboxylic acids is 2. The molecule has 2 atom stereocenters. The molecule has 0 bridgehead atoms. The van der Waals surface area contributed by atoms with Crippen LogP contribution in [-0.4, -0.2) is 49.1 Å². The first-order chi connectivity index (χ1) is 15.2. The van der Waals surface area contributed by atoms with E-state index < -0.39 is 11.1 Å². The monoisotopic (exact) mass is 444 g/mol. The molecule has 2 N–H and O–H groups in total. The van der Waals surface area contributed by atoms with Crippen molar-refractivity contribution in [3.05, 3.63) is 20.9 Å². The maximum absolute atomic E-state index is 11.9. The summed E-state index contributed by atoms with van der Waals surface area (Å²) in [5, 5.41) is 39.0. The number of hydrogen-bond acceptors (Lipinski definition) is 8. The molecule has 14 heteroatoms. The number of amides is 2. The van der Waals surface area contributed by atoms with Crippen LogP contribution in [0.3, 0.4) is 0 Å². The molecule has 0 rings (SSSR count). The van der Waals surface area contributed by atoms with E-state index in [2.05, 4.69) is 40.9 Å². The molecule has 0 heterocycles. The fraction of sp³-hybridized carbons (Fsp3) is 0.778. The van der Waals surface area contributed by atoms with Crippen molar-refractivity contribution in [1.82, 2.24) is 10.6 Å². The second-order valence-electron chi connectivity index (χ2n) is 7.29. The molecule has 0 saturated carbocycles. The van der Waals surface area contributed by atoms with E-state index in [1.54, 1.807) is 0 Å². The number of nitrogens with one attached hydrogen (secondary N) is 2. The summed E-state index contributed by atoms with van der Waals surface area (Å²) in [6.45, 7) is 4.29. The van der Waals surface area contributed by atoms with Crippen LogP contribution in [0.2, 0.25) is 0 Å². The average molecular weight is 445 g/mol. The number of nitrogens with zero attached hydrogens (tertiary/aromatic N) is 10. The third-order valence-corrected chi connectivity index (χ3v) is 4.29. The van der Waals surface area contributed by atoms with E-state index in [4.69, 9.17) is 11.1 Å². The lowest BCUT2D eigenvalue weighted by Crippen LogP contribution is -2.30. The lowest BCUT2D eigenvalue weighted by Gasteiger charge is -2.19. The van der Waals surface area contributed by atoms with Crippen LogP contribution in [-0.2, 0) is 9.59 Å². The van der Waals surface area contributed by atoms with E-state index in [1.807, 2.05) is 12.1 Å². The second kappa shape index (κ2) is 15.9. The summed E-state index contributed by atoms with van der Waals surface area (Å²) in [6.07, 6.45) is 1.28. The molecule has 0 aliphatic heterocycles. The van der Waals surface area contributed by atoms with Crippen LogP contribution in [0.1, 0.15) is 52.4 Å². The Morgan fingerprint density at radius 1 is 0.844 bits per heavy atom. The van der Waals surface area contributed by atoms with Crippen LogP contribution in [0.25, 0.3) is 20.9 Å². The zero-order valence-corrected chi connectivity index (χ0v) is 18.4. The first-order valence-corrected chi connectivity index (χ1v) is 10.1. The minimum Gasteiger partial charge on any atom is -0.356 e. The van der Waals surface area contributed by atoms with E-state index in [-0.39, 0.29) is 50.6 Å². The SMILES string of the molecule is CC(C#N)(CCC(=O)NCCCN=[N+]=[N-])/N=N/C(C)(C#N)CCC(=O)NCCCN=[N+]=[N-]. The first kappa shape index (κ1) is 28.1. The predicted molar refractivity (Wildman–Crippen MR) is 115 cm³/mol. The van der Waals surface area contributed by atoms with Gasteiger partial charge < -0.3 is 10.6 Å². The highest BCUT2D eigenvalue weighted by molar-refractivity contribution is 5.76. The summed E-state index contributed by atoms with van der Waals surface area (Å²) in [4.78, 5) is 29.0. The Morgan fingerprint density at radius 3 is 1.53 bits per heavy atom. The highest BCUT2D eigenvalue weighted by atomic mass is 16.2. The minimum atomic E-state index is -1.30. The van der Waals surface area contributed by atoms with Gasteiger partial charge in [-0.05, 0) is 50.6 Å². The molecule has 0 aromatic heterocycles. The second-order valence-corrected chi connectivity index (χ2v) is 7.29. The summed E-state index contributed by atoms with van der Waals surface area (Å²) in [5.41, 5.74) is 13.8. The number of rotatable bonds is 16. The van der Waals surface area contributed by atoms with Gasteiger partial charge in [0.1, 0.15) is 0 Å². The molecule has 32 heavy (non-hydrogen) atoms. The highest BCUT2D eigenvalue weighted by Gasteiger charge is 2.29. The van der Waals surface area contributed by atoms with E-state index in [9.17, 15) is 20.1 Å². The van der Waals surface area contributed by atoms with Crippen molar-refractivity contribution in [1.29, 1.82) is 10.5 Å². The minimum absolute atomic E-state index is 0.0338. The van der Waals surface area contributed by atoms with Gasteiger partial charge in [0, 0.05) is 48.8 Å². The van der Waals surface area contributed by atoms with Crippen molar-refractivity contribution in [2.75, 3.05) is 26.2 Å². The molecule has 2 unspecified atom stereocenters. The van der Waals surface area contributed by atoms with Crippen molar-refractivity contribution in [3.63, 3.8) is 0 Å². The average Bonchev–Trinajstić information content (AvgIpc) is 2.80. The van der Waals surface area contributed by atoms with Crippen molar-refractivity contribution >= 4 is 11.8 Å². The molecule has 0 saturated heterocycles. The van der Waals surface area contributed by atoms with Crippen LogP contribution >= 0.6 is 0 Å². The number of nitriles is 2. The molecular formula is C18H28N12O2. The molecule has 0 spiro atoms. The molecule has 0 aromatic carbocycles. The number of azide groups is 2. The van der Waals surface area contributed by atoms with Crippen LogP contribution in [0.15, 0.2) is 20.5 Å². The summed E-state index contributed by atoms with van der Waals surface area (Å²) >= 11 is 0. The summed E-state index contributed by atoms with van der Waals surface area (Å²) < 4.78 is 0. The zero-order chi connectivity index (χ0) is 24.3. The Morgan fingerprint density at radius 2 is 1.22 bits per heavy atom. The normalized spacial score (nSPS) is 13.9. The first-order valence-electron chi connectivity index (χ1n) is 10.1. The van der Waals surface area contributed by atoms with E-state index in [0.717, 1.165) is 0 Å². The molecule has 0 aliphatic rings. The van der Waals surface area contributed by atoms with Gasteiger partial charge in [0.25, 0.3) is 0 Å². The van der Waals surface area contributed by atoms with Gasteiger partial charge in [0.2, 0.25) is 11.8 Å². The lowest BCUT2D eigenvalue weighted by atomic mass is 9.97. The van der Waals surface area contributed by atoms with Crippen LogP contribution in [0, 0.1) is 22.7 Å². The molecule has 0 aliphatic carbocycles. The third-order valence-electron chi connectivity index (χ3n) is 4.29. The molecule has 0 aromatic rings. The predicted octanol–water partition coefficient (Wildman–Crippen LogP) is 3.20. The summed E-state index contributed by atoms with van der Waals surface area (Å²) in [5.74, 6) is -0.550. The molecular weight excluding hydrogens is 416 g/mol. The maximum Gasteiger partial charge on any atom is 0.220 e. The maximum atomic E-state index is 11.9. The third kappa shape index (κ3) is 13.4. The molecule has 0 fully saturated rings. The molecule has 172 valence electrons. The van der Waals surface area contributed by atoms with Crippen molar-refractivity contribution in [2.45, 2.75) is 63.5 Å². The van der Waals surface area contributed by atoms with Gasteiger partial charge in [-0.3, -0.25) is 9.59 Å². The van der Waals surface area contributed by atoms with Crippen LogP contribution in [0.4, 0.5) is 0 Å². The Kier molecular flexibility index (Phi) is 14.0. The standard InChI is InChI=1S/C18H28N12O2/c1-17(13-19,7-5-15(31)23-9-3-11-25-29-21)27-28-18(2,14-20)8-6-16(32)24-10-4-12-26-30-22/h3-12H2,1-2H3,(H,23,31)(H,24,32)/b28-27+.